The van der Waals surface area contributed by atoms with Gasteiger partial charge in [-0.3, -0.25) is 4.52 Å². The summed E-state index contributed by atoms with van der Waals surface area (Å²) in [5.74, 6) is 1.23. The molecule has 0 saturated carbocycles. The third kappa shape index (κ3) is 3.48. The van der Waals surface area contributed by atoms with E-state index in [4.69, 9.17) is 18.6 Å². The maximum Gasteiger partial charge on any atom is 0.464 e. The van der Waals surface area contributed by atoms with Crippen LogP contribution in [0.2, 0.25) is 0 Å². The van der Waals surface area contributed by atoms with Crippen LogP contribution in [-0.2, 0) is 4.52 Å². The van der Waals surface area contributed by atoms with E-state index in [-0.39, 0.29) is 0 Å². The lowest BCUT2D eigenvalue weighted by atomic mass is 10.1. The summed E-state index contributed by atoms with van der Waals surface area (Å²) in [4.78, 5) is 4.70. The summed E-state index contributed by atoms with van der Waals surface area (Å²) in [5, 5.41) is 3.13. The molecule has 0 aliphatic carbocycles. The lowest BCUT2D eigenvalue weighted by molar-refractivity contribution is 0.278. The summed E-state index contributed by atoms with van der Waals surface area (Å²) in [7, 11) is -1.60. The number of benzene rings is 3. The maximum absolute atomic E-state index is 6.09. The molecule has 4 rings (SSSR count). The smallest absolute Gasteiger partial charge is 0.418 e. The molecule has 1 heterocycles. The Balaban J connectivity index is 1.74. The number of hydrogen-bond acceptors (Lipinski definition) is 4. The van der Waals surface area contributed by atoms with Crippen molar-refractivity contribution < 1.29 is 13.6 Å². The maximum atomic E-state index is 6.09. The summed E-state index contributed by atoms with van der Waals surface area (Å²) < 4.78 is 17.7. The van der Waals surface area contributed by atoms with Crippen molar-refractivity contribution in [3.63, 3.8) is 0 Å². The molecule has 4 aromatic rings. The van der Waals surface area contributed by atoms with Gasteiger partial charge in [-0.25, -0.2) is 4.98 Å². The Morgan fingerprint density at radius 1 is 0.731 bits per heavy atom. The largest absolute Gasteiger partial charge is 0.464 e. The number of rotatable bonds is 6. The quantitative estimate of drug-likeness (QED) is 0.306. The van der Waals surface area contributed by atoms with Crippen molar-refractivity contribution >= 4 is 30.3 Å². The van der Waals surface area contributed by atoms with Crippen LogP contribution in [0.3, 0.4) is 0 Å². The zero-order chi connectivity index (χ0) is 17.8. The molecule has 1 aromatic heterocycles. The van der Waals surface area contributed by atoms with Crippen molar-refractivity contribution in [2.45, 2.75) is 6.92 Å². The molecular weight excluding hydrogens is 345 g/mol. The van der Waals surface area contributed by atoms with E-state index in [1.807, 2.05) is 73.7 Å². The third-order valence-corrected chi connectivity index (χ3v) is 5.04. The minimum absolute atomic E-state index is 0.490. The monoisotopic (exact) mass is 363 g/mol. The number of nitrogens with zero attached hydrogens (tertiary/aromatic N) is 1. The summed E-state index contributed by atoms with van der Waals surface area (Å²) in [6, 6.07) is 25.6. The van der Waals surface area contributed by atoms with Crippen LogP contribution in [0.4, 0.5) is 0 Å². The van der Waals surface area contributed by atoms with Gasteiger partial charge in [0.05, 0.1) is 12.1 Å². The Labute approximate surface area is 153 Å². The third-order valence-electron chi connectivity index (χ3n) is 3.89. The molecule has 3 aromatic carbocycles. The molecular formula is C21H18NO3P. The Kier molecular flexibility index (Phi) is 4.96. The van der Waals surface area contributed by atoms with Gasteiger partial charge in [0, 0.05) is 10.8 Å². The minimum Gasteiger partial charge on any atom is -0.418 e. The second-order valence-corrected chi connectivity index (χ2v) is 6.69. The van der Waals surface area contributed by atoms with Gasteiger partial charge in [0.15, 0.2) is 0 Å². The molecule has 1 unspecified atom stereocenters. The van der Waals surface area contributed by atoms with Gasteiger partial charge in [-0.15, -0.1) is 0 Å². The average Bonchev–Trinajstić information content (AvgIpc) is 2.69. The van der Waals surface area contributed by atoms with Gasteiger partial charge in [0.25, 0.3) is 0 Å². The second-order valence-electron chi connectivity index (χ2n) is 5.62. The summed E-state index contributed by atoms with van der Waals surface area (Å²) in [6.07, 6.45) is 0. The molecule has 0 radical (unpaired) electrons. The number of aromatic nitrogens is 1. The fourth-order valence-electron chi connectivity index (χ4n) is 2.76. The van der Waals surface area contributed by atoms with Crippen LogP contribution in [0, 0.1) is 0 Å². The highest BCUT2D eigenvalue weighted by molar-refractivity contribution is 7.42. The zero-order valence-corrected chi connectivity index (χ0v) is 15.2. The van der Waals surface area contributed by atoms with Crippen LogP contribution >= 0.6 is 8.60 Å². The molecule has 0 bridgehead atoms. The molecule has 0 amide bonds. The predicted octanol–water partition coefficient (Wildman–Crippen LogP) is 6.11. The van der Waals surface area contributed by atoms with Crippen molar-refractivity contribution in [1.29, 1.82) is 0 Å². The first-order chi connectivity index (χ1) is 12.8. The molecule has 0 aliphatic heterocycles. The molecule has 0 N–H and O–H groups in total. The zero-order valence-electron chi connectivity index (χ0n) is 14.3. The van der Waals surface area contributed by atoms with Gasteiger partial charge >= 0.3 is 8.60 Å². The molecule has 0 fully saturated rings. The van der Waals surface area contributed by atoms with Crippen LogP contribution in [0.15, 0.2) is 78.9 Å². The van der Waals surface area contributed by atoms with Crippen LogP contribution < -0.4 is 9.05 Å². The number of pyridine rings is 1. The van der Waals surface area contributed by atoms with E-state index in [1.165, 1.54) is 0 Å². The van der Waals surface area contributed by atoms with E-state index in [1.54, 1.807) is 0 Å². The van der Waals surface area contributed by atoms with E-state index in [9.17, 15) is 0 Å². The molecule has 0 aliphatic rings. The number of hydrogen-bond donors (Lipinski definition) is 0. The summed E-state index contributed by atoms with van der Waals surface area (Å²) in [6.45, 7) is 2.41. The normalized spacial score (nSPS) is 12.2. The molecule has 4 nitrogen and oxygen atoms in total. The van der Waals surface area contributed by atoms with E-state index in [2.05, 4.69) is 12.1 Å². The molecule has 5 heteroatoms. The highest BCUT2D eigenvalue weighted by Crippen LogP contribution is 2.43. The predicted molar refractivity (Wildman–Crippen MR) is 105 cm³/mol. The summed E-state index contributed by atoms with van der Waals surface area (Å²) in [5.41, 5.74) is 0.882. The fourth-order valence-corrected chi connectivity index (χ4v) is 3.69. The van der Waals surface area contributed by atoms with Crippen molar-refractivity contribution in [1.82, 2.24) is 4.98 Å². The van der Waals surface area contributed by atoms with Crippen molar-refractivity contribution in [2.75, 3.05) is 6.61 Å². The first kappa shape index (κ1) is 16.8. The standard InChI is InChI=1S/C21H18NO3P/c1-2-23-26(24-16-10-4-3-5-11-16)25-21-19-14-7-6-12-17(19)18-13-8-9-15-20(18)22-21/h3-15H,2H2,1H3. The Morgan fingerprint density at radius 3 is 2.15 bits per heavy atom. The molecule has 26 heavy (non-hydrogen) atoms. The Morgan fingerprint density at radius 2 is 1.38 bits per heavy atom. The van der Waals surface area contributed by atoms with Crippen LogP contribution in [0.25, 0.3) is 21.7 Å². The van der Waals surface area contributed by atoms with E-state index >= 15 is 0 Å². The van der Waals surface area contributed by atoms with Gasteiger partial charge in [-0.2, -0.15) is 0 Å². The number of fused-ring (bicyclic) bond motifs is 3. The SMILES string of the molecule is CCOP(Oc1ccccc1)Oc1nc2ccccc2c2ccccc12. The van der Waals surface area contributed by atoms with Crippen LogP contribution in [-0.4, -0.2) is 11.6 Å². The molecule has 0 saturated heterocycles. The van der Waals surface area contributed by atoms with Gasteiger partial charge < -0.3 is 9.05 Å². The van der Waals surface area contributed by atoms with Gasteiger partial charge in [0.2, 0.25) is 5.88 Å². The van der Waals surface area contributed by atoms with Crippen LogP contribution in [0.1, 0.15) is 6.92 Å². The molecule has 0 spiro atoms. The van der Waals surface area contributed by atoms with Gasteiger partial charge in [-0.1, -0.05) is 54.6 Å². The average molecular weight is 363 g/mol. The van der Waals surface area contributed by atoms with Gasteiger partial charge in [0.1, 0.15) is 5.75 Å². The molecule has 1 atom stereocenters. The second kappa shape index (κ2) is 7.69. The van der Waals surface area contributed by atoms with E-state index < -0.39 is 8.60 Å². The van der Waals surface area contributed by atoms with E-state index in [0.717, 1.165) is 21.7 Å². The van der Waals surface area contributed by atoms with Crippen molar-refractivity contribution in [3.05, 3.63) is 78.9 Å². The highest BCUT2D eigenvalue weighted by atomic mass is 31.2. The lowest BCUT2D eigenvalue weighted by Crippen LogP contribution is -2.01. The topological polar surface area (TPSA) is 40.6 Å². The van der Waals surface area contributed by atoms with Crippen molar-refractivity contribution in [2.24, 2.45) is 0 Å². The Bertz CT molecular complexity index is 1020. The van der Waals surface area contributed by atoms with Crippen LogP contribution in [0.5, 0.6) is 11.6 Å². The fraction of sp³-hybridized carbons (Fsp3) is 0.0952. The van der Waals surface area contributed by atoms with Gasteiger partial charge in [-0.05, 0) is 36.6 Å². The van der Waals surface area contributed by atoms with E-state index in [0.29, 0.717) is 18.2 Å². The summed E-state index contributed by atoms with van der Waals surface area (Å²) >= 11 is 0. The van der Waals surface area contributed by atoms with Crippen molar-refractivity contribution in [3.8, 4) is 11.6 Å². The Hall–Kier alpha value is -2.68. The first-order valence-corrected chi connectivity index (χ1v) is 9.56. The highest BCUT2D eigenvalue weighted by Gasteiger charge is 2.19. The number of para-hydroxylation sites is 2. The first-order valence-electron chi connectivity index (χ1n) is 8.46. The minimum atomic E-state index is -1.60. The molecule has 130 valence electrons. The lowest BCUT2D eigenvalue weighted by Gasteiger charge is -2.17.